The Morgan fingerprint density at radius 3 is 2.89 bits per heavy atom. The van der Waals surface area contributed by atoms with E-state index in [1.54, 1.807) is 0 Å². The molecule has 1 atom stereocenters. The molecule has 2 heterocycles. The van der Waals surface area contributed by atoms with Gasteiger partial charge in [-0.3, -0.25) is 9.78 Å². The summed E-state index contributed by atoms with van der Waals surface area (Å²) in [4.78, 5) is 27.0. The van der Waals surface area contributed by atoms with Gasteiger partial charge in [0, 0.05) is 13.1 Å². The lowest BCUT2D eigenvalue weighted by Gasteiger charge is -2.29. The van der Waals surface area contributed by atoms with Crippen molar-refractivity contribution in [1.82, 2.24) is 20.5 Å². The third-order valence-electron chi connectivity index (χ3n) is 3.36. The first-order chi connectivity index (χ1) is 9.20. The van der Waals surface area contributed by atoms with Crippen molar-refractivity contribution in [1.29, 1.82) is 0 Å². The zero-order valence-electron chi connectivity index (χ0n) is 11.2. The smallest absolute Gasteiger partial charge is 0.342 e. The molecule has 0 radical (unpaired) electrons. The quantitative estimate of drug-likeness (QED) is 0.679. The summed E-state index contributed by atoms with van der Waals surface area (Å²) in [6, 6.07) is 0. The summed E-state index contributed by atoms with van der Waals surface area (Å²) in [7, 11) is 0. The molecule has 1 fully saturated rings. The Bertz CT molecular complexity index is 503. The van der Waals surface area contributed by atoms with E-state index >= 15 is 0 Å². The Balaban J connectivity index is 2.14. The maximum absolute atomic E-state index is 11.8. The van der Waals surface area contributed by atoms with E-state index in [1.807, 2.05) is 4.90 Å². The number of aromatic amines is 2. The Labute approximate surface area is 111 Å². The van der Waals surface area contributed by atoms with E-state index < -0.39 is 11.2 Å². The van der Waals surface area contributed by atoms with Crippen molar-refractivity contribution >= 4 is 5.82 Å². The summed E-state index contributed by atoms with van der Waals surface area (Å²) in [6.07, 6.45) is 3.26. The van der Waals surface area contributed by atoms with Gasteiger partial charge in [-0.25, -0.2) is 9.89 Å². The average molecular weight is 267 g/mol. The molecule has 3 N–H and O–H groups in total. The molecule has 0 amide bonds. The summed E-state index contributed by atoms with van der Waals surface area (Å²) >= 11 is 0. The van der Waals surface area contributed by atoms with Crippen molar-refractivity contribution in [3.8, 4) is 0 Å². The molecule has 1 aliphatic heterocycles. The van der Waals surface area contributed by atoms with Crippen LogP contribution in [-0.2, 0) is 0 Å². The van der Waals surface area contributed by atoms with Crippen LogP contribution in [0.1, 0.15) is 26.2 Å². The number of anilines is 1. The molecule has 0 bridgehead atoms. The van der Waals surface area contributed by atoms with Crippen LogP contribution < -0.4 is 21.5 Å². The maximum Gasteiger partial charge on any atom is 0.342 e. The Morgan fingerprint density at radius 2 is 2.26 bits per heavy atom. The van der Waals surface area contributed by atoms with Gasteiger partial charge >= 0.3 is 5.69 Å². The molecule has 0 spiro atoms. The molecule has 1 saturated heterocycles. The summed E-state index contributed by atoms with van der Waals surface area (Å²) in [5.41, 5.74) is -0.981. The van der Waals surface area contributed by atoms with E-state index in [2.05, 4.69) is 27.4 Å². The maximum atomic E-state index is 11.8. The van der Waals surface area contributed by atoms with Gasteiger partial charge in [-0.15, -0.1) is 5.10 Å². The second kappa shape index (κ2) is 6.51. The van der Waals surface area contributed by atoms with Crippen molar-refractivity contribution in [2.45, 2.75) is 26.2 Å². The normalized spacial score (nSPS) is 19.3. The van der Waals surface area contributed by atoms with Crippen LogP contribution in [0.5, 0.6) is 0 Å². The van der Waals surface area contributed by atoms with Crippen molar-refractivity contribution in [2.75, 3.05) is 31.1 Å². The summed E-state index contributed by atoms with van der Waals surface area (Å²) in [6.45, 7) is 5.66. The largest absolute Gasteiger partial charge is 0.350 e. The van der Waals surface area contributed by atoms with Gasteiger partial charge in [0.2, 0.25) is 5.82 Å². The van der Waals surface area contributed by atoms with Crippen molar-refractivity contribution in [3.63, 3.8) is 0 Å². The number of nitrogens with zero attached hydrogens (tertiary/aromatic N) is 2. The standard InChI is InChI=1S/C12H21N5O2/c1-2-6-17(8-9-4-3-5-13-7-9)10-11(18)14-12(19)16-15-10/h9,13H,2-8H2,1H3,(H2,14,16,18,19). The lowest BCUT2D eigenvalue weighted by molar-refractivity contribution is 0.375. The van der Waals surface area contributed by atoms with Crippen LogP contribution in [0.15, 0.2) is 9.59 Å². The van der Waals surface area contributed by atoms with Crippen LogP contribution in [-0.4, -0.2) is 41.4 Å². The molecule has 1 aromatic heterocycles. The highest BCUT2D eigenvalue weighted by Gasteiger charge is 2.19. The number of rotatable bonds is 5. The van der Waals surface area contributed by atoms with Crippen LogP contribution in [0.25, 0.3) is 0 Å². The molecule has 0 saturated carbocycles. The number of H-pyrrole nitrogens is 2. The minimum atomic E-state index is -0.565. The summed E-state index contributed by atoms with van der Waals surface area (Å²) < 4.78 is 0. The van der Waals surface area contributed by atoms with E-state index in [0.717, 1.165) is 39.0 Å². The average Bonchev–Trinajstić information content (AvgIpc) is 2.39. The lowest BCUT2D eigenvalue weighted by Crippen LogP contribution is -2.42. The summed E-state index contributed by atoms with van der Waals surface area (Å²) in [5, 5.41) is 9.55. The highest BCUT2D eigenvalue weighted by molar-refractivity contribution is 5.34. The van der Waals surface area contributed by atoms with Gasteiger partial charge in [0.05, 0.1) is 0 Å². The van der Waals surface area contributed by atoms with Crippen LogP contribution in [0.2, 0.25) is 0 Å². The van der Waals surface area contributed by atoms with Gasteiger partial charge in [0.15, 0.2) is 0 Å². The van der Waals surface area contributed by atoms with Crippen LogP contribution in [0.4, 0.5) is 5.82 Å². The number of nitrogens with one attached hydrogen (secondary N) is 3. The first-order valence-electron chi connectivity index (χ1n) is 6.85. The molecule has 2 rings (SSSR count). The molecule has 7 nitrogen and oxygen atoms in total. The molecule has 1 unspecified atom stereocenters. The fourth-order valence-corrected chi connectivity index (χ4v) is 2.50. The number of hydrogen-bond donors (Lipinski definition) is 3. The minimum Gasteiger partial charge on any atom is -0.350 e. The molecule has 106 valence electrons. The molecule has 19 heavy (non-hydrogen) atoms. The minimum absolute atomic E-state index is 0.312. The van der Waals surface area contributed by atoms with Crippen LogP contribution in [0.3, 0.4) is 0 Å². The molecular weight excluding hydrogens is 246 g/mol. The first kappa shape index (κ1) is 13.8. The fourth-order valence-electron chi connectivity index (χ4n) is 2.50. The van der Waals surface area contributed by atoms with Crippen molar-refractivity contribution in [3.05, 3.63) is 20.8 Å². The van der Waals surface area contributed by atoms with Gasteiger partial charge in [0.25, 0.3) is 5.56 Å². The monoisotopic (exact) mass is 267 g/mol. The third-order valence-corrected chi connectivity index (χ3v) is 3.36. The summed E-state index contributed by atoms with van der Waals surface area (Å²) in [5.74, 6) is 0.834. The first-order valence-corrected chi connectivity index (χ1v) is 6.85. The van der Waals surface area contributed by atoms with Crippen LogP contribution >= 0.6 is 0 Å². The van der Waals surface area contributed by atoms with Crippen LogP contribution in [0, 0.1) is 5.92 Å². The number of piperidine rings is 1. The second-order valence-electron chi connectivity index (χ2n) is 4.99. The molecule has 0 aliphatic carbocycles. The number of aromatic nitrogens is 3. The Kier molecular flexibility index (Phi) is 4.73. The lowest BCUT2D eigenvalue weighted by atomic mass is 9.99. The Hall–Kier alpha value is -1.63. The third kappa shape index (κ3) is 3.66. The molecule has 0 aromatic carbocycles. The topological polar surface area (TPSA) is 93.9 Å². The predicted molar refractivity (Wildman–Crippen MR) is 73.6 cm³/mol. The van der Waals surface area contributed by atoms with E-state index in [9.17, 15) is 9.59 Å². The van der Waals surface area contributed by atoms with Gasteiger partial charge < -0.3 is 10.2 Å². The van der Waals surface area contributed by atoms with Crippen molar-refractivity contribution in [2.24, 2.45) is 5.92 Å². The van der Waals surface area contributed by atoms with Crippen molar-refractivity contribution < 1.29 is 0 Å². The van der Waals surface area contributed by atoms with Gasteiger partial charge in [-0.1, -0.05) is 6.92 Å². The highest BCUT2D eigenvalue weighted by atomic mass is 16.2. The van der Waals surface area contributed by atoms with E-state index in [1.165, 1.54) is 6.42 Å². The van der Waals surface area contributed by atoms with Gasteiger partial charge in [0.1, 0.15) is 0 Å². The fraction of sp³-hybridized carbons (Fsp3) is 0.750. The molecule has 1 aliphatic rings. The van der Waals surface area contributed by atoms with E-state index in [0.29, 0.717) is 11.7 Å². The Morgan fingerprint density at radius 1 is 1.42 bits per heavy atom. The predicted octanol–water partition coefficient (Wildman–Crippen LogP) is -0.326. The second-order valence-corrected chi connectivity index (χ2v) is 4.99. The number of hydrogen-bond acceptors (Lipinski definition) is 5. The highest BCUT2D eigenvalue weighted by Crippen LogP contribution is 2.14. The van der Waals surface area contributed by atoms with E-state index in [-0.39, 0.29) is 0 Å². The van der Waals surface area contributed by atoms with Gasteiger partial charge in [-0.2, -0.15) is 0 Å². The zero-order valence-corrected chi connectivity index (χ0v) is 11.2. The molecule has 7 heteroatoms. The molecule has 1 aromatic rings. The van der Waals surface area contributed by atoms with Gasteiger partial charge in [-0.05, 0) is 38.3 Å². The molecular formula is C12H21N5O2. The SMILES string of the molecule is CCCN(CC1CCCNC1)c1n[nH]c(=O)[nH]c1=O. The zero-order chi connectivity index (χ0) is 13.7. The van der Waals surface area contributed by atoms with E-state index in [4.69, 9.17) is 0 Å².